The lowest BCUT2D eigenvalue weighted by Crippen LogP contribution is -2.46. The van der Waals surface area contributed by atoms with Crippen molar-refractivity contribution >= 4 is 11.8 Å². The second-order valence-corrected chi connectivity index (χ2v) is 6.83. The molecule has 0 saturated carbocycles. The summed E-state index contributed by atoms with van der Waals surface area (Å²) in [6, 6.07) is 9.73. The van der Waals surface area contributed by atoms with Crippen LogP contribution in [0.4, 0.5) is 0 Å². The Labute approximate surface area is 148 Å². The first-order chi connectivity index (χ1) is 12.1. The van der Waals surface area contributed by atoms with E-state index >= 15 is 0 Å². The molecule has 2 fully saturated rings. The highest BCUT2D eigenvalue weighted by molar-refractivity contribution is 5.81. The number of hydrogen-bond donors (Lipinski definition) is 1. The van der Waals surface area contributed by atoms with Gasteiger partial charge < -0.3 is 19.6 Å². The second kappa shape index (κ2) is 8.45. The highest BCUT2D eigenvalue weighted by Crippen LogP contribution is 2.21. The van der Waals surface area contributed by atoms with E-state index in [2.05, 4.69) is 0 Å². The van der Waals surface area contributed by atoms with Crippen molar-refractivity contribution in [3.63, 3.8) is 0 Å². The zero-order chi connectivity index (χ0) is 17.6. The van der Waals surface area contributed by atoms with Crippen LogP contribution >= 0.6 is 0 Å². The lowest BCUT2D eigenvalue weighted by Gasteiger charge is -2.34. The Bertz CT molecular complexity index is 584. The van der Waals surface area contributed by atoms with Crippen LogP contribution in [0.5, 0.6) is 0 Å². The molecule has 1 atom stereocenters. The van der Waals surface area contributed by atoms with E-state index in [9.17, 15) is 14.7 Å². The molecule has 0 bridgehead atoms. The van der Waals surface area contributed by atoms with Gasteiger partial charge >= 0.3 is 0 Å². The van der Waals surface area contributed by atoms with Gasteiger partial charge in [0.1, 0.15) is 0 Å². The standard InChI is InChI=1S/C19H26N2O4/c22-17-13-21(10-11-25-14-17)19(24)16-6-8-20(9-7-16)18(23)12-15-4-2-1-3-5-15/h1-5,16-17,22H,6-14H2/t17-/m1/s1. The zero-order valence-electron chi connectivity index (χ0n) is 14.5. The molecule has 0 aromatic heterocycles. The SMILES string of the molecule is O=C(Cc1ccccc1)N1CCC(C(=O)N2CCOC[C@H](O)C2)CC1. The third-order valence-corrected chi connectivity index (χ3v) is 4.95. The summed E-state index contributed by atoms with van der Waals surface area (Å²) in [4.78, 5) is 28.7. The molecule has 0 unspecified atom stereocenters. The predicted octanol–water partition coefficient (Wildman–Crippen LogP) is 0.687. The van der Waals surface area contributed by atoms with Crippen LogP contribution in [-0.2, 0) is 20.7 Å². The minimum atomic E-state index is -0.612. The smallest absolute Gasteiger partial charge is 0.226 e. The number of benzene rings is 1. The molecular formula is C19H26N2O4. The van der Waals surface area contributed by atoms with Crippen LogP contribution in [0.1, 0.15) is 18.4 Å². The van der Waals surface area contributed by atoms with E-state index in [0.29, 0.717) is 52.0 Å². The Morgan fingerprint density at radius 1 is 1.08 bits per heavy atom. The van der Waals surface area contributed by atoms with E-state index in [4.69, 9.17) is 4.74 Å². The van der Waals surface area contributed by atoms with Gasteiger partial charge in [0, 0.05) is 32.1 Å². The minimum Gasteiger partial charge on any atom is -0.389 e. The Kier molecular flexibility index (Phi) is 6.04. The van der Waals surface area contributed by atoms with E-state index in [-0.39, 0.29) is 24.3 Å². The van der Waals surface area contributed by atoms with Crippen molar-refractivity contribution in [2.24, 2.45) is 5.92 Å². The van der Waals surface area contributed by atoms with E-state index < -0.39 is 6.10 Å². The van der Waals surface area contributed by atoms with Gasteiger partial charge in [-0.05, 0) is 18.4 Å². The number of piperidine rings is 1. The number of likely N-dealkylation sites (tertiary alicyclic amines) is 1. The van der Waals surface area contributed by atoms with Crippen LogP contribution < -0.4 is 0 Å². The molecule has 136 valence electrons. The number of carbonyl (C=O) groups excluding carboxylic acids is 2. The van der Waals surface area contributed by atoms with Crippen molar-refractivity contribution in [1.82, 2.24) is 9.80 Å². The van der Waals surface area contributed by atoms with Gasteiger partial charge in [0.05, 0.1) is 25.7 Å². The molecule has 0 aliphatic carbocycles. The molecule has 25 heavy (non-hydrogen) atoms. The Morgan fingerprint density at radius 3 is 2.52 bits per heavy atom. The molecule has 0 spiro atoms. The fourth-order valence-corrected chi connectivity index (χ4v) is 3.51. The van der Waals surface area contributed by atoms with Crippen molar-refractivity contribution in [3.8, 4) is 0 Å². The van der Waals surface area contributed by atoms with Gasteiger partial charge in [-0.1, -0.05) is 30.3 Å². The van der Waals surface area contributed by atoms with Crippen LogP contribution in [0.25, 0.3) is 0 Å². The molecule has 2 aliphatic heterocycles. The van der Waals surface area contributed by atoms with Crippen molar-refractivity contribution < 1.29 is 19.4 Å². The lowest BCUT2D eigenvalue weighted by atomic mass is 9.94. The van der Waals surface area contributed by atoms with Gasteiger partial charge in [-0.3, -0.25) is 9.59 Å². The van der Waals surface area contributed by atoms with Crippen LogP contribution in [0, 0.1) is 5.92 Å². The largest absolute Gasteiger partial charge is 0.389 e. The molecular weight excluding hydrogens is 320 g/mol. The van der Waals surface area contributed by atoms with Crippen molar-refractivity contribution in [1.29, 1.82) is 0 Å². The average Bonchev–Trinajstić information content (AvgIpc) is 2.86. The van der Waals surface area contributed by atoms with Gasteiger partial charge in [-0.25, -0.2) is 0 Å². The highest BCUT2D eigenvalue weighted by atomic mass is 16.5. The maximum atomic E-state index is 12.7. The molecule has 2 aliphatic rings. The summed E-state index contributed by atoms with van der Waals surface area (Å²) in [5.41, 5.74) is 1.02. The number of rotatable bonds is 3. The molecule has 0 radical (unpaired) electrons. The van der Waals surface area contributed by atoms with Gasteiger partial charge in [-0.15, -0.1) is 0 Å². The Hall–Kier alpha value is -1.92. The van der Waals surface area contributed by atoms with E-state index in [1.54, 1.807) is 4.90 Å². The fraction of sp³-hybridized carbons (Fsp3) is 0.579. The van der Waals surface area contributed by atoms with Crippen LogP contribution in [-0.4, -0.2) is 72.2 Å². The first-order valence-corrected chi connectivity index (χ1v) is 9.00. The molecule has 2 saturated heterocycles. The van der Waals surface area contributed by atoms with Crippen molar-refractivity contribution in [2.45, 2.75) is 25.4 Å². The summed E-state index contributed by atoms with van der Waals surface area (Å²) in [7, 11) is 0. The topological polar surface area (TPSA) is 70.1 Å². The molecule has 3 rings (SSSR count). The summed E-state index contributed by atoms with van der Waals surface area (Å²) >= 11 is 0. The van der Waals surface area contributed by atoms with Gasteiger partial charge in [0.2, 0.25) is 11.8 Å². The number of carbonyl (C=O) groups is 2. The van der Waals surface area contributed by atoms with Crippen LogP contribution in [0.3, 0.4) is 0 Å². The molecule has 2 amide bonds. The monoisotopic (exact) mass is 346 g/mol. The Balaban J connectivity index is 1.49. The summed E-state index contributed by atoms with van der Waals surface area (Å²) in [6.45, 7) is 2.87. The molecule has 1 N–H and O–H groups in total. The summed E-state index contributed by atoms with van der Waals surface area (Å²) in [5.74, 6) is 0.140. The molecule has 6 heteroatoms. The van der Waals surface area contributed by atoms with Gasteiger partial charge in [0.25, 0.3) is 0 Å². The van der Waals surface area contributed by atoms with Crippen LogP contribution in [0.2, 0.25) is 0 Å². The van der Waals surface area contributed by atoms with Crippen molar-refractivity contribution in [3.05, 3.63) is 35.9 Å². The number of hydrogen-bond acceptors (Lipinski definition) is 4. The number of ether oxygens (including phenoxy) is 1. The summed E-state index contributed by atoms with van der Waals surface area (Å²) in [6.07, 6.45) is 1.17. The fourth-order valence-electron chi connectivity index (χ4n) is 3.51. The van der Waals surface area contributed by atoms with Gasteiger partial charge in [0.15, 0.2) is 0 Å². The second-order valence-electron chi connectivity index (χ2n) is 6.83. The van der Waals surface area contributed by atoms with E-state index in [1.807, 2.05) is 35.2 Å². The highest BCUT2D eigenvalue weighted by Gasteiger charge is 2.31. The number of β-amino-alcohol motifs (C(OH)–C–C–N with tert-alkyl or cyclic N) is 1. The number of aliphatic hydroxyl groups is 1. The number of aliphatic hydroxyl groups excluding tert-OH is 1. The van der Waals surface area contributed by atoms with Crippen molar-refractivity contribution in [2.75, 3.05) is 39.4 Å². The molecule has 2 heterocycles. The number of amides is 2. The maximum absolute atomic E-state index is 12.7. The zero-order valence-corrected chi connectivity index (χ0v) is 14.5. The third-order valence-electron chi connectivity index (χ3n) is 4.95. The molecule has 1 aromatic carbocycles. The summed E-state index contributed by atoms with van der Waals surface area (Å²) in [5, 5.41) is 9.79. The minimum absolute atomic E-state index is 0.0638. The van der Waals surface area contributed by atoms with E-state index in [0.717, 1.165) is 5.56 Å². The summed E-state index contributed by atoms with van der Waals surface area (Å²) < 4.78 is 5.28. The third kappa shape index (κ3) is 4.80. The number of nitrogens with zero attached hydrogens (tertiary/aromatic N) is 2. The first kappa shape index (κ1) is 17.9. The van der Waals surface area contributed by atoms with Gasteiger partial charge in [-0.2, -0.15) is 0 Å². The maximum Gasteiger partial charge on any atom is 0.226 e. The quantitative estimate of drug-likeness (QED) is 0.874. The predicted molar refractivity (Wildman–Crippen MR) is 92.9 cm³/mol. The lowest BCUT2D eigenvalue weighted by molar-refractivity contribution is -0.141. The molecule has 1 aromatic rings. The average molecular weight is 346 g/mol. The van der Waals surface area contributed by atoms with E-state index in [1.165, 1.54) is 0 Å². The first-order valence-electron chi connectivity index (χ1n) is 9.00. The van der Waals surface area contributed by atoms with Crippen LogP contribution in [0.15, 0.2) is 30.3 Å². The Morgan fingerprint density at radius 2 is 1.80 bits per heavy atom. The molecule has 6 nitrogen and oxygen atoms in total. The normalized spacial score (nSPS) is 22.5.